The van der Waals surface area contributed by atoms with Crippen LogP contribution in [0.1, 0.15) is 59.4 Å². The van der Waals surface area contributed by atoms with Crippen LogP contribution in [0.5, 0.6) is 0 Å². The van der Waals surface area contributed by atoms with Crippen LogP contribution in [-0.2, 0) is 28.0 Å². The molecule has 4 fully saturated rings. The monoisotopic (exact) mass is 552 g/mol. The quantitative estimate of drug-likeness (QED) is 0.591. The van der Waals surface area contributed by atoms with Crippen molar-refractivity contribution in [3.8, 4) is 0 Å². The highest BCUT2D eigenvalue weighted by molar-refractivity contribution is 6.01. The van der Waals surface area contributed by atoms with Crippen molar-refractivity contribution < 1.29 is 24.6 Å². The summed E-state index contributed by atoms with van der Waals surface area (Å²) in [5.74, 6) is -0.111. The van der Waals surface area contributed by atoms with E-state index in [0.29, 0.717) is 18.5 Å². The zero-order valence-electron chi connectivity index (χ0n) is 24.6. The Morgan fingerprint density at radius 1 is 1.20 bits per heavy atom. The maximum Gasteiger partial charge on any atom is 0.254 e. The molecule has 0 aromatic carbocycles. The van der Waals surface area contributed by atoms with E-state index in [0.717, 1.165) is 18.4 Å². The molecule has 8 heteroatoms. The highest BCUT2D eigenvalue weighted by Gasteiger charge is 2.75. The molecule has 1 aliphatic heterocycles. The molecule has 2 N–H and O–H groups in total. The van der Waals surface area contributed by atoms with Crippen LogP contribution in [0, 0.1) is 40.4 Å². The Morgan fingerprint density at radius 3 is 2.62 bits per heavy atom. The molecule has 40 heavy (non-hydrogen) atoms. The van der Waals surface area contributed by atoms with E-state index in [9.17, 15) is 24.6 Å². The minimum absolute atomic E-state index is 0.00236. The molecule has 0 bridgehead atoms. The van der Waals surface area contributed by atoms with Gasteiger partial charge in [0.15, 0.2) is 17.2 Å². The molecule has 0 spiro atoms. The molecule has 6 unspecified atom stereocenters. The molecular formula is C32H44N2O6. The number of hydroxylamine groups is 2. The number of carbonyl (C=O) groups is 2. The average molecular weight is 553 g/mol. The molecule has 8 nitrogen and oxygen atoms in total. The molecule has 2 heterocycles. The second kappa shape index (κ2) is 10.2. The van der Waals surface area contributed by atoms with Gasteiger partial charge >= 0.3 is 0 Å². The maximum atomic E-state index is 13.6. The Hall–Kier alpha value is -2.39. The van der Waals surface area contributed by atoms with Crippen LogP contribution in [0.25, 0.3) is 0 Å². The minimum atomic E-state index is -1.25. The minimum Gasteiger partial charge on any atom is -0.393 e. The number of hydrogen-bond acceptors (Lipinski definition) is 7. The van der Waals surface area contributed by atoms with Gasteiger partial charge in [-0.2, -0.15) is 5.06 Å². The number of Topliss-reactive ketones (excluding diaryl/α,β-unsaturated/α-hetero) is 1. The van der Waals surface area contributed by atoms with Gasteiger partial charge in [-0.05, 0) is 55.2 Å². The molecule has 4 aliphatic carbocycles. The Balaban J connectivity index is 0.00000158. The second-order valence-corrected chi connectivity index (χ2v) is 12.9. The molecule has 1 aromatic heterocycles. The van der Waals surface area contributed by atoms with Crippen LogP contribution >= 0.6 is 0 Å². The highest BCUT2D eigenvalue weighted by atomic mass is 16.7. The predicted octanol–water partition coefficient (Wildman–Crippen LogP) is 3.21. The number of allylic oxidation sites excluding steroid dienone is 4. The predicted molar refractivity (Wildman–Crippen MR) is 151 cm³/mol. The first-order chi connectivity index (χ1) is 19.0. The normalized spacial score (nSPS) is 41.7. The van der Waals surface area contributed by atoms with Crippen LogP contribution in [0.15, 0.2) is 46.9 Å². The summed E-state index contributed by atoms with van der Waals surface area (Å²) < 4.78 is 1.52. The van der Waals surface area contributed by atoms with Crippen LogP contribution in [0.3, 0.4) is 0 Å². The van der Waals surface area contributed by atoms with E-state index in [1.54, 1.807) is 36.5 Å². The van der Waals surface area contributed by atoms with Crippen molar-refractivity contribution in [1.29, 1.82) is 0 Å². The molecule has 1 aromatic rings. The van der Waals surface area contributed by atoms with Crippen molar-refractivity contribution in [2.24, 2.45) is 47.5 Å². The summed E-state index contributed by atoms with van der Waals surface area (Å²) in [5, 5.41) is 23.7. The molecule has 1 saturated heterocycles. The van der Waals surface area contributed by atoms with E-state index in [1.165, 1.54) is 4.57 Å². The first-order valence-electron chi connectivity index (χ1n) is 14.8. The average Bonchev–Trinajstić information content (AvgIpc) is 3.40. The van der Waals surface area contributed by atoms with Crippen molar-refractivity contribution in [1.82, 2.24) is 9.63 Å². The fourth-order valence-corrected chi connectivity index (χ4v) is 9.54. The van der Waals surface area contributed by atoms with Crippen LogP contribution in [0.4, 0.5) is 0 Å². The van der Waals surface area contributed by atoms with Gasteiger partial charge in [-0.3, -0.25) is 19.2 Å². The summed E-state index contributed by atoms with van der Waals surface area (Å²) >= 11 is 0. The van der Waals surface area contributed by atoms with Gasteiger partial charge in [0.2, 0.25) is 0 Å². The van der Waals surface area contributed by atoms with Gasteiger partial charge in [0.1, 0.15) is 6.61 Å². The maximum absolute atomic E-state index is 13.6. The number of pyridine rings is 1. The number of ketones is 2. The fourth-order valence-electron chi connectivity index (χ4n) is 9.54. The van der Waals surface area contributed by atoms with E-state index in [2.05, 4.69) is 20.8 Å². The lowest BCUT2D eigenvalue weighted by atomic mass is 9.44. The topological polar surface area (TPSA) is 109 Å². The Labute approximate surface area is 236 Å². The van der Waals surface area contributed by atoms with E-state index >= 15 is 0 Å². The summed E-state index contributed by atoms with van der Waals surface area (Å²) in [5.41, 5.74) is -0.776. The largest absolute Gasteiger partial charge is 0.393 e. The van der Waals surface area contributed by atoms with Crippen LogP contribution in [0.2, 0.25) is 0 Å². The molecule has 6 rings (SSSR count). The zero-order valence-corrected chi connectivity index (χ0v) is 24.6. The SMILES string of the molecule is CC.C[C@H]1CC2C(C(O)CC3(C)C2C[C@H]2CN(Cc4cccn(C)c4=O)O[C@]23C(=O)CO)C2(C)C=CC(=O)C=C12. The molecule has 0 amide bonds. The molecular weight excluding hydrogens is 508 g/mol. The fraction of sp³-hybridized carbons (Fsp3) is 0.656. The van der Waals surface area contributed by atoms with Gasteiger partial charge in [0.25, 0.3) is 5.56 Å². The summed E-state index contributed by atoms with van der Waals surface area (Å²) in [6.07, 6.45) is 8.37. The number of carbonyl (C=O) groups excluding carboxylic acids is 2. The number of aliphatic hydroxyl groups excluding tert-OH is 2. The summed E-state index contributed by atoms with van der Waals surface area (Å²) in [7, 11) is 1.71. The van der Waals surface area contributed by atoms with E-state index in [1.807, 2.05) is 26.0 Å². The number of hydrogen-bond donors (Lipinski definition) is 2. The highest BCUT2D eigenvalue weighted by Crippen LogP contribution is 2.71. The standard InChI is InChI=1S/C30H38N2O6.C2H6/c1-17-10-21-23-11-19-15-32(14-18-6-5-9-31(4)27(18)37)38-30(19,25(36)16-33)29(23,3)13-24(35)26(21)28(2)8-7-20(34)12-22(17)28;1-2/h5-9,12,17,19,21,23-24,26,33,35H,10-11,13-16H2,1-4H3;1-2H3/t17-,19-,21?,23?,24?,26?,28?,29?,30-;/m0./s1. The Bertz CT molecular complexity index is 1320. The summed E-state index contributed by atoms with van der Waals surface area (Å²) in [6.45, 7) is 10.5. The molecule has 0 radical (unpaired) electrons. The zero-order chi connectivity index (χ0) is 29.2. The van der Waals surface area contributed by atoms with Crippen LogP contribution < -0.4 is 5.56 Å². The number of aryl methyl sites for hydroxylation is 1. The lowest BCUT2D eigenvalue weighted by Gasteiger charge is -2.61. The van der Waals surface area contributed by atoms with Crippen molar-refractivity contribution in [2.75, 3.05) is 13.2 Å². The van der Waals surface area contributed by atoms with Gasteiger partial charge in [0.05, 0.1) is 12.6 Å². The van der Waals surface area contributed by atoms with Gasteiger partial charge in [-0.25, -0.2) is 0 Å². The Morgan fingerprint density at radius 2 is 1.93 bits per heavy atom. The number of aliphatic hydroxyl groups is 2. The number of aromatic nitrogens is 1. The van der Waals surface area contributed by atoms with Gasteiger partial charge < -0.3 is 14.8 Å². The summed E-state index contributed by atoms with van der Waals surface area (Å²) in [6, 6.07) is 3.59. The van der Waals surface area contributed by atoms with Crippen molar-refractivity contribution in [3.63, 3.8) is 0 Å². The first kappa shape index (κ1) is 29.1. The lowest BCUT2D eigenvalue weighted by Crippen LogP contribution is -2.63. The van der Waals surface area contributed by atoms with Gasteiger partial charge in [-0.15, -0.1) is 0 Å². The third-order valence-electron chi connectivity index (χ3n) is 11.0. The van der Waals surface area contributed by atoms with E-state index in [-0.39, 0.29) is 53.3 Å². The lowest BCUT2D eigenvalue weighted by molar-refractivity contribution is -0.255. The van der Waals surface area contributed by atoms with Crippen LogP contribution in [-0.4, -0.2) is 56.3 Å². The summed E-state index contributed by atoms with van der Waals surface area (Å²) in [4.78, 5) is 45.1. The van der Waals surface area contributed by atoms with Crippen molar-refractivity contribution >= 4 is 11.6 Å². The second-order valence-electron chi connectivity index (χ2n) is 12.9. The third kappa shape index (κ3) is 3.90. The molecule has 3 saturated carbocycles. The van der Waals surface area contributed by atoms with E-state index in [4.69, 9.17) is 4.84 Å². The van der Waals surface area contributed by atoms with Crippen molar-refractivity contribution in [3.05, 3.63) is 58.0 Å². The van der Waals surface area contributed by atoms with E-state index < -0.39 is 29.1 Å². The first-order valence-corrected chi connectivity index (χ1v) is 14.8. The Kier molecular flexibility index (Phi) is 7.39. The van der Waals surface area contributed by atoms with Gasteiger partial charge in [-0.1, -0.05) is 52.3 Å². The number of fused-ring (bicyclic) bond motifs is 7. The number of nitrogens with zero attached hydrogens (tertiary/aromatic N) is 2. The third-order valence-corrected chi connectivity index (χ3v) is 11.0. The molecule has 9 atom stereocenters. The molecule has 5 aliphatic rings. The number of rotatable bonds is 4. The van der Waals surface area contributed by atoms with Gasteiger partial charge in [0, 0.05) is 48.0 Å². The smallest absolute Gasteiger partial charge is 0.254 e. The molecule has 218 valence electrons. The van der Waals surface area contributed by atoms with Crippen molar-refractivity contribution in [2.45, 2.75) is 72.1 Å².